The zero-order valence-corrected chi connectivity index (χ0v) is 12.0. The molecule has 98 valence electrons. The van der Waals surface area contributed by atoms with Gasteiger partial charge in [-0.15, -0.1) is 13.2 Å². The summed E-state index contributed by atoms with van der Waals surface area (Å²) in [6.07, 6.45) is 5.00. The van der Waals surface area contributed by atoms with E-state index in [4.69, 9.17) is 0 Å². The van der Waals surface area contributed by atoms with Gasteiger partial charge in [0.05, 0.1) is 6.10 Å². The Morgan fingerprint density at radius 1 is 1.12 bits per heavy atom. The van der Waals surface area contributed by atoms with E-state index in [1.54, 1.807) is 0 Å². The third kappa shape index (κ3) is 3.22. The molecule has 1 rings (SSSR count). The molecule has 1 aliphatic carbocycles. The molecule has 0 aromatic rings. The fourth-order valence-corrected chi connectivity index (χ4v) is 3.63. The molecule has 1 N–H and O–H groups in total. The highest BCUT2D eigenvalue weighted by Gasteiger charge is 2.48. The lowest BCUT2D eigenvalue weighted by Crippen LogP contribution is -2.48. The molecular formula is C16H28O. The SMILES string of the molecule is C=C(C)CC1(CC(=C)C)CCCC(C)(C)[C@@H]1O. The topological polar surface area (TPSA) is 20.2 Å². The number of rotatable bonds is 4. The average molecular weight is 236 g/mol. The van der Waals surface area contributed by atoms with Crippen LogP contribution in [0.25, 0.3) is 0 Å². The summed E-state index contributed by atoms with van der Waals surface area (Å²) in [7, 11) is 0. The fourth-order valence-electron chi connectivity index (χ4n) is 3.63. The molecule has 0 aromatic heterocycles. The lowest BCUT2D eigenvalue weighted by Gasteiger charge is -2.50. The standard InChI is InChI=1S/C16H28O/c1-12(2)10-16(11-13(3)4)9-7-8-15(5,6)14(16)17/h14,17H,1,3,7-11H2,2,4-6H3/t14-/m0/s1. The molecule has 0 unspecified atom stereocenters. The molecule has 1 heteroatoms. The van der Waals surface area contributed by atoms with Gasteiger partial charge >= 0.3 is 0 Å². The van der Waals surface area contributed by atoms with E-state index in [0.717, 1.165) is 25.7 Å². The van der Waals surface area contributed by atoms with Crippen LogP contribution in [0.2, 0.25) is 0 Å². The van der Waals surface area contributed by atoms with Gasteiger partial charge < -0.3 is 5.11 Å². The van der Waals surface area contributed by atoms with Gasteiger partial charge in [-0.05, 0) is 44.9 Å². The Balaban J connectivity index is 3.03. The fraction of sp³-hybridized carbons (Fsp3) is 0.750. The molecule has 0 aliphatic heterocycles. The summed E-state index contributed by atoms with van der Waals surface area (Å²) in [6.45, 7) is 16.6. The van der Waals surface area contributed by atoms with Crippen LogP contribution >= 0.6 is 0 Å². The Bertz CT molecular complexity index is 295. The third-order valence-corrected chi connectivity index (χ3v) is 4.12. The van der Waals surface area contributed by atoms with Crippen LogP contribution in [0.5, 0.6) is 0 Å². The summed E-state index contributed by atoms with van der Waals surface area (Å²) in [6, 6.07) is 0. The predicted molar refractivity (Wildman–Crippen MR) is 74.9 cm³/mol. The second-order valence-corrected chi connectivity index (χ2v) is 6.87. The van der Waals surface area contributed by atoms with E-state index in [1.165, 1.54) is 17.6 Å². The minimum Gasteiger partial charge on any atom is -0.392 e. The average Bonchev–Trinajstić information content (AvgIpc) is 2.11. The molecule has 1 fully saturated rings. The van der Waals surface area contributed by atoms with Crippen molar-refractivity contribution < 1.29 is 5.11 Å². The minimum atomic E-state index is -0.253. The van der Waals surface area contributed by atoms with Crippen molar-refractivity contribution in [3.63, 3.8) is 0 Å². The van der Waals surface area contributed by atoms with Crippen molar-refractivity contribution in [3.05, 3.63) is 24.3 Å². The zero-order valence-electron chi connectivity index (χ0n) is 12.0. The largest absolute Gasteiger partial charge is 0.392 e. The van der Waals surface area contributed by atoms with Crippen LogP contribution in [0.1, 0.15) is 59.8 Å². The van der Waals surface area contributed by atoms with Gasteiger partial charge in [0.15, 0.2) is 0 Å². The molecule has 0 aromatic carbocycles. The highest BCUT2D eigenvalue weighted by Crippen LogP contribution is 2.52. The molecule has 0 spiro atoms. The maximum absolute atomic E-state index is 10.8. The Hall–Kier alpha value is -0.560. The highest BCUT2D eigenvalue weighted by atomic mass is 16.3. The lowest BCUT2D eigenvalue weighted by atomic mass is 9.57. The van der Waals surface area contributed by atoms with Gasteiger partial charge in [0.2, 0.25) is 0 Å². The summed E-state index contributed by atoms with van der Waals surface area (Å²) in [5, 5.41) is 10.8. The normalized spacial score (nSPS) is 26.5. The van der Waals surface area contributed by atoms with E-state index in [9.17, 15) is 5.11 Å². The summed E-state index contributed by atoms with van der Waals surface area (Å²) >= 11 is 0. The third-order valence-electron chi connectivity index (χ3n) is 4.12. The van der Waals surface area contributed by atoms with E-state index < -0.39 is 0 Å². The van der Waals surface area contributed by atoms with Crippen LogP contribution in [-0.2, 0) is 0 Å². The summed E-state index contributed by atoms with van der Waals surface area (Å²) in [5.41, 5.74) is 2.33. The van der Waals surface area contributed by atoms with E-state index >= 15 is 0 Å². The van der Waals surface area contributed by atoms with Crippen molar-refractivity contribution in [2.24, 2.45) is 10.8 Å². The van der Waals surface area contributed by atoms with Crippen LogP contribution in [0.3, 0.4) is 0 Å². The quantitative estimate of drug-likeness (QED) is 0.714. The number of hydrogen-bond donors (Lipinski definition) is 1. The van der Waals surface area contributed by atoms with Crippen molar-refractivity contribution >= 4 is 0 Å². The Kier molecular flexibility index (Phi) is 4.24. The summed E-state index contributed by atoms with van der Waals surface area (Å²) in [4.78, 5) is 0. The molecule has 0 amide bonds. The minimum absolute atomic E-state index is 0.0170. The van der Waals surface area contributed by atoms with E-state index in [1.807, 2.05) is 0 Å². The monoisotopic (exact) mass is 236 g/mol. The van der Waals surface area contributed by atoms with Crippen LogP contribution < -0.4 is 0 Å². The number of aliphatic hydroxyl groups is 1. The summed E-state index contributed by atoms with van der Waals surface area (Å²) < 4.78 is 0. The van der Waals surface area contributed by atoms with E-state index in [0.29, 0.717) is 0 Å². The molecule has 0 bridgehead atoms. The molecule has 0 saturated heterocycles. The van der Waals surface area contributed by atoms with Gasteiger partial charge in [0.1, 0.15) is 0 Å². The first-order valence-electron chi connectivity index (χ1n) is 6.66. The van der Waals surface area contributed by atoms with Gasteiger partial charge in [-0.25, -0.2) is 0 Å². The second kappa shape index (κ2) is 4.97. The highest BCUT2D eigenvalue weighted by molar-refractivity contribution is 5.10. The van der Waals surface area contributed by atoms with Crippen LogP contribution in [0, 0.1) is 10.8 Å². The second-order valence-electron chi connectivity index (χ2n) is 6.87. The van der Waals surface area contributed by atoms with Gasteiger partial charge in [-0.2, -0.15) is 0 Å². The Morgan fingerprint density at radius 3 is 2.00 bits per heavy atom. The van der Waals surface area contributed by atoms with Crippen molar-refractivity contribution in [2.45, 2.75) is 65.9 Å². The molecule has 0 radical (unpaired) electrons. The Morgan fingerprint density at radius 2 is 1.59 bits per heavy atom. The van der Waals surface area contributed by atoms with Gasteiger partial charge in [0, 0.05) is 5.41 Å². The molecular weight excluding hydrogens is 208 g/mol. The van der Waals surface area contributed by atoms with Crippen molar-refractivity contribution in [2.75, 3.05) is 0 Å². The van der Waals surface area contributed by atoms with E-state index in [2.05, 4.69) is 40.9 Å². The number of allylic oxidation sites excluding steroid dienone is 2. The van der Waals surface area contributed by atoms with Gasteiger partial charge in [-0.3, -0.25) is 0 Å². The molecule has 1 atom stereocenters. The smallest absolute Gasteiger partial charge is 0.0653 e. The van der Waals surface area contributed by atoms with Crippen molar-refractivity contribution in [3.8, 4) is 0 Å². The summed E-state index contributed by atoms with van der Waals surface area (Å²) in [5.74, 6) is 0. The first kappa shape index (κ1) is 14.5. The first-order valence-corrected chi connectivity index (χ1v) is 6.66. The maximum atomic E-state index is 10.8. The molecule has 1 aliphatic rings. The lowest BCUT2D eigenvalue weighted by molar-refractivity contribution is -0.0928. The molecule has 17 heavy (non-hydrogen) atoms. The first-order chi connectivity index (χ1) is 7.69. The molecule has 0 heterocycles. The zero-order chi connectivity index (χ0) is 13.3. The Labute approximate surface area is 107 Å². The number of hydrogen-bond acceptors (Lipinski definition) is 1. The van der Waals surface area contributed by atoms with Crippen LogP contribution in [-0.4, -0.2) is 11.2 Å². The van der Waals surface area contributed by atoms with Gasteiger partial charge in [-0.1, -0.05) is 31.4 Å². The maximum Gasteiger partial charge on any atom is 0.0653 e. The predicted octanol–water partition coefficient (Wildman–Crippen LogP) is 4.48. The van der Waals surface area contributed by atoms with E-state index in [-0.39, 0.29) is 16.9 Å². The van der Waals surface area contributed by atoms with Crippen molar-refractivity contribution in [1.82, 2.24) is 0 Å². The van der Waals surface area contributed by atoms with Crippen LogP contribution in [0.15, 0.2) is 24.3 Å². The van der Waals surface area contributed by atoms with Crippen molar-refractivity contribution in [1.29, 1.82) is 0 Å². The van der Waals surface area contributed by atoms with Crippen LogP contribution in [0.4, 0.5) is 0 Å². The molecule has 1 saturated carbocycles. The number of aliphatic hydroxyl groups excluding tert-OH is 1. The molecule has 1 nitrogen and oxygen atoms in total. The van der Waals surface area contributed by atoms with Gasteiger partial charge in [0.25, 0.3) is 0 Å².